The van der Waals surface area contributed by atoms with Crippen LogP contribution in [0.3, 0.4) is 0 Å². The van der Waals surface area contributed by atoms with Crippen LogP contribution in [0.1, 0.15) is 33.1 Å². The van der Waals surface area contributed by atoms with Crippen LogP contribution in [0.15, 0.2) is 71.6 Å². The third kappa shape index (κ3) is 4.36. The fourth-order valence-corrected chi connectivity index (χ4v) is 5.40. The molecule has 0 radical (unpaired) electrons. The lowest BCUT2D eigenvalue weighted by Crippen LogP contribution is -2.41. The van der Waals surface area contributed by atoms with E-state index < -0.39 is 10.0 Å². The van der Waals surface area contributed by atoms with Crippen molar-refractivity contribution in [2.45, 2.75) is 17.4 Å². The Morgan fingerprint density at radius 2 is 1.79 bits per heavy atom. The molecule has 0 saturated heterocycles. The first kappa shape index (κ1) is 23.3. The number of halogens is 1. The van der Waals surface area contributed by atoms with Crippen LogP contribution >= 0.6 is 11.6 Å². The summed E-state index contributed by atoms with van der Waals surface area (Å²) in [6.07, 6.45) is 0.712. The van der Waals surface area contributed by atoms with Gasteiger partial charge in [-0.2, -0.15) is 0 Å². The van der Waals surface area contributed by atoms with Gasteiger partial charge in [0, 0.05) is 49.5 Å². The van der Waals surface area contributed by atoms with E-state index in [-0.39, 0.29) is 16.8 Å². The molecule has 4 rings (SSSR count). The SMILES string of the molecule is CNc1ccc(Cl)cc1[C@@H]1c2ccccc2CCN1C(=O)c1cccc(S(=O)(=O)N(C)C)c1. The number of sulfonamides is 1. The Hall–Kier alpha value is -2.87. The normalized spacial score (nSPS) is 15.9. The molecule has 1 N–H and O–H groups in total. The minimum absolute atomic E-state index is 0.0889. The van der Waals surface area contributed by atoms with E-state index in [1.165, 1.54) is 31.8 Å². The molecule has 172 valence electrons. The largest absolute Gasteiger partial charge is 0.388 e. The Bertz CT molecular complexity index is 1310. The van der Waals surface area contributed by atoms with Gasteiger partial charge in [0.2, 0.25) is 10.0 Å². The fraction of sp³-hybridized carbons (Fsp3) is 0.240. The number of carbonyl (C=O) groups is 1. The molecule has 8 heteroatoms. The number of rotatable bonds is 5. The first-order valence-electron chi connectivity index (χ1n) is 10.6. The molecule has 1 amide bonds. The van der Waals surface area contributed by atoms with Crippen LogP contribution < -0.4 is 5.32 Å². The summed E-state index contributed by atoms with van der Waals surface area (Å²) in [5.74, 6) is -0.229. The van der Waals surface area contributed by atoms with Crippen molar-refractivity contribution in [2.24, 2.45) is 0 Å². The average Bonchev–Trinajstić information content (AvgIpc) is 2.82. The quantitative estimate of drug-likeness (QED) is 0.583. The molecule has 3 aromatic rings. The van der Waals surface area contributed by atoms with Gasteiger partial charge in [-0.3, -0.25) is 4.79 Å². The highest BCUT2D eigenvalue weighted by Gasteiger charge is 2.34. The number of hydrogen-bond donors (Lipinski definition) is 1. The summed E-state index contributed by atoms with van der Waals surface area (Å²) in [7, 11) is 1.12. The molecule has 1 aliphatic heterocycles. The van der Waals surface area contributed by atoms with E-state index in [0.717, 1.165) is 21.1 Å². The van der Waals surface area contributed by atoms with Gasteiger partial charge < -0.3 is 10.2 Å². The Balaban J connectivity index is 1.84. The Morgan fingerprint density at radius 1 is 1.03 bits per heavy atom. The Morgan fingerprint density at radius 3 is 2.52 bits per heavy atom. The molecule has 3 aromatic carbocycles. The van der Waals surface area contributed by atoms with Crippen LogP contribution in [0.2, 0.25) is 5.02 Å². The lowest BCUT2D eigenvalue weighted by atomic mass is 9.87. The highest BCUT2D eigenvalue weighted by atomic mass is 35.5. The van der Waals surface area contributed by atoms with Crippen molar-refractivity contribution in [1.29, 1.82) is 0 Å². The predicted octanol–water partition coefficient (Wildman–Crippen LogP) is 4.42. The number of nitrogens with zero attached hydrogens (tertiary/aromatic N) is 2. The van der Waals surface area contributed by atoms with E-state index in [0.29, 0.717) is 23.6 Å². The molecule has 1 atom stereocenters. The van der Waals surface area contributed by atoms with Crippen molar-refractivity contribution in [1.82, 2.24) is 9.21 Å². The number of carbonyl (C=O) groups excluding carboxylic acids is 1. The summed E-state index contributed by atoms with van der Waals surface area (Å²) < 4.78 is 26.4. The fourth-order valence-electron chi connectivity index (χ4n) is 4.27. The van der Waals surface area contributed by atoms with Crippen LogP contribution in [-0.4, -0.2) is 51.2 Å². The lowest BCUT2D eigenvalue weighted by molar-refractivity contribution is 0.0695. The molecule has 33 heavy (non-hydrogen) atoms. The zero-order chi connectivity index (χ0) is 23.8. The molecule has 0 saturated carbocycles. The zero-order valence-electron chi connectivity index (χ0n) is 18.7. The summed E-state index contributed by atoms with van der Waals surface area (Å²) in [6, 6.07) is 19.5. The molecule has 1 heterocycles. The molecule has 6 nitrogen and oxygen atoms in total. The number of hydrogen-bond acceptors (Lipinski definition) is 4. The third-order valence-corrected chi connectivity index (χ3v) is 8.03. The second-order valence-electron chi connectivity index (χ2n) is 8.15. The maximum absolute atomic E-state index is 13.8. The van der Waals surface area contributed by atoms with E-state index in [1.54, 1.807) is 17.0 Å². The minimum atomic E-state index is -3.66. The number of anilines is 1. The van der Waals surface area contributed by atoms with E-state index in [2.05, 4.69) is 11.4 Å². The van der Waals surface area contributed by atoms with Crippen LogP contribution in [-0.2, 0) is 16.4 Å². The third-order valence-electron chi connectivity index (χ3n) is 5.98. The van der Waals surface area contributed by atoms with Gasteiger partial charge in [0.15, 0.2) is 0 Å². The highest BCUT2D eigenvalue weighted by Crippen LogP contribution is 2.40. The van der Waals surface area contributed by atoms with Crippen LogP contribution in [0, 0.1) is 0 Å². The smallest absolute Gasteiger partial charge is 0.254 e. The second-order valence-corrected chi connectivity index (χ2v) is 10.7. The maximum Gasteiger partial charge on any atom is 0.254 e. The molecule has 0 bridgehead atoms. The Labute approximate surface area is 199 Å². The van der Waals surface area contributed by atoms with E-state index in [1.807, 2.05) is 43.4 Å². The average molecular weight is 484 g/mol. The summed E-state index contributed by atoms with van der Waals surface area (Å²) >= 11 is 6.36. The predicted molar refractivity (Wildman–Crippen MR) is 131 cm³/mol. The van der Waals surface area contributed by atoms with E-state index >= 15 is 0 Å². The first-order chi connectivity index (χ1) is 15.7. The molecule has 0 aromatic heterocycles. The van der Waals surface area contributed by atoms with Gasteiger partial charge in [0.1, 0.15) is 0 Å². The van der Waals surface area contributed by atoms with Gasteiger partial charge >= 0.3 is 0 Å². The number of fused-ring (bicyclic) bond motifs is 1. The summed E-state index contributed by atoms with van der Waals surface area (Å²) in [5, 5.41) is 3.79. The molecule has 0 fully saturated rings. The molecular formula is C25H26ClN3O3S. The van der Waals surface area contributed by atoms with Crippen LogP contribution in [0.5, 0.6) is 0 Å². The molecular weight excluding hydrogens is 458 g/mol. The molecule has 0 spiro atoms. The number of nitrogens with one attached hydrogen (secondary N) is 1. The van der Waals surface area contributed by atoms with Crippen molar-refractivity contribution in [3.05, 3.63) is 94.0 Å². The Kier molecular flexibility index (Phi) is 6.47. The molecule has 0 unspecified atom stereocenters. The van der Waals surface area contributed by atoms with Crippen molar-refractivity contribution >= 4 is 33.2 Å². The second kappa shape index (κ2) is 9.17. The summed E-state index contributed by atoms with van der Waals surface area (Å²) in [4.78, 5) is 15.7. The number of amides is 1. The van der Waals surface area contributed by atoms with E-state index in [9.17, 15) is 13.2 Å². The van der Waals surface area contributed by atoms with Gasteiger partial charge in [-0.25, -0.2) is 12.7 Å². The van der Waals surface area contributed by atoms with Gasteiger partial charge in [-0.1, -0.05) is 41.9 Å². The topological polar surface area (TPSA) is 69.7 Å². The lowest BCUT2D eigenvalue weighted by Gasteiger charge is -2.38. The van der Waals surface area contributed by atoms with Crippen molar-refractivity contribution in [2.75, 3.05) is 33.0 Å². The van der Waals surface area contributed by atoms with Crippen LogP contribution in [0.25, 0.3) is 0 Å². The zero-order valence-corrected chi connectivity index (χ0v) is 20.3. The maximum atomic E-state index is 13.8. The van der Waals surface area contributed by atoms with Crippen molar-refractivity contribution < 1.29 is 13.2 Å². The van der Waals surface area contributed by atoms with Gasteiger partial charge in [0.05, 0.1) is 10.9 Å². The standard InChI is InChI=1S/C25H26ClN3O3S/c1-27-23-12-11-19(26)16-22(23)24-21-10-5-4-7-17(21)13-14-29(24)25(30)18-8-6-9-20(15-18)33(31,32)28(2)3/h4-12,15-16,24,27H,13-14H2,1-3H3/t24-/m0/s1. The number of benzene rings is 3. The van der Waals surface area contributed by atoms with Gasteiger partial charge in [0.25, 0.3) is 5.91 Å². The summed E-state index contributed by atoms with van der Waals surface area (Å²) in [5.41, 5.74) is 4.31. The molecule has 0 aliphatic carbocycles. The van der Waals surface area contributed by atoms with Crippen molar-refractivity contribution in [3.8, 4) is 0 Å². The van der Waals surface area contributed by atoms with Crippen molar-refractivity contribution in [3.63, 3.8) is 0 Å². The van der Waals surface area contributed by atoms with Gasteiger partial charge in [-0.15, -0.1) is 0 Å². The first-order valence-corrected chi connectivity index (χ1v) is 12.4. The molecule has 1 aliphatic rings. The van der Waals surface area contributed by atoms with Crippen LogP contribution in [0.4, 0.5) is 5.69 Å². The summed E-state index contributed by atoms with van der Waals surface area (Å²) in [6.45, 7) is 0.501. The van der Waals surface area contributed by atoms with E-state index in [4.69, 9.17) is 11.6 Å². The minimum Gasteiger partial charge on any atom is -0.388 e. The monoisotopic (exact) mass is 483 g/mol. The van der Waals surface area contributed by atoms with Gasteiger partial charge in [-0.05, 0) is 53.9 Å². The highest BCUT2D eigenvalue weighted by molar-refractivity contribution is 7.89.